The van der Waals surface area contributed by atoms with Crippen LogP contribution in [0.15, 0.2) is 46.5 Å². The highest BCUT2D eigenvalue weighted by molar-refractivity contribution is 5.80. The van der Waals surface area contributed by atoms with Crippen LogP contribution in [0.5, 0.6) is 0 Å². The molecule has 7 nitrogen and oxygen atoms in total. The van der Waals surface area contributed by atoms with Gasteiger partial charge in [0.2, 0.25) is 0 Å². The fourth-order valence-electron chi connectivity index (χ4n) is 4.22. The van der Waals surface area contributed by atoms with Crippen molar-refractivity contribution in [3.05, 3.63) is 42.9 Å². The Morgan fingerprint density at radius 3 is 2.83 bits per heavy atom. The van der Waals surface area contributed by atoms with Crippen molar-refractivity contribution in [1.29, 1.82) is 0 Å². The van der Waals surface area contributed by atoms with E-state index in [9.17, 15) is 0 Å². The summed E-state index contributed by atoms with van der Waals surface area (Å²) < 4.78 is 7.98. The van der Waals surface area contributed by atoms with Crippen LogP contribution in [-0.2, 0) is 0 Å². The molecule has 3 rings (SSSR count). The number of piperidine rings is 1. The predicted octanol–water partition coefficient (Wildman–Crippen LogP) is 3.41. The minimum atomic E-state index is 0.154. The van der Waals surface area contributed by atoms with Gasteiger partial charge in [-0.05, 0) is 44.5 Å². The lowest BCUT2D eigenvalue weighted by Gasteiger charge is -2.39. The van der Waals surface area contributed by atoms with Crippen LogP contribution in [0.1, 0.15) is 52.0 Å². The monoisotopic (exact) mass is 400 g/mol. The largest absolute Gasteiger partial charge is 0.468 e. The molecule has 0 saturated carbocycles. The molecule has 0 aliphatic carbocycles. The molecule has 1 aliphatic rings. The molecule has 160 valence electrons. The first-order chi connectivity index (χ1) is 14.2. The van der Waals surface area contributed by atoms with E-state index in [0.29, 0.717) is 18.5 Å². The van der Waals surface area contributed by atoms with Crippen LogP contribution in [0.25, 0.3) is 0 Å². The van der Waals surface area contributed by atoms with E-state index in [4.69, 9.17) is 9.41 Å². The van der Waals surface area contributed by atoms with Gasteiger partial charge in [0.15, 0.2) is 5.96 Å². The maximum Gasteiger partial charge on any atom is 0.194 e. The predicted molar refractivity (Wildman–Crippen MR) is 117 cm³/mol. The topological polar surface area (TPSA) is 61.8 Å². The van der Waals surface area contributed by atoms with Gasteiger partial charge in [-0.1, -0.05) is 20.8 Å². The van der Waals surface area contributed by atoms with Crippen LogP contribution in [0, 0.1) is 5.92 Å². The fourth-order valence-corrected chi connectivity index (χ4v) is 4.22. The molecule has 0 aromatic carbocycles. The lowest BCUT2D eigenvalue weighted by molar-refractivity contribution is 0.184. The zero-order valence-electron chi connectivity index (χ0n) is 18.3. The van der Waals surface area contributed by atoms with Crippen molar-refractivity contribution >= 4 is 5.96 Å². The first-order valence-corrected chi connectivity index (χ1v) is 11.0. The molecule has 3 unspecified atom stereocenters. The van der Waals surface area contributed by atoms with Gasteiger partial charge in [-0.15, -0.1) is 0 Å². The van der Waals surface area contributed by atoms with Crippen molar-refractivity contribution in [2.75, 3.05) is 39.3 Å². The number of nitrogens with zero attached hydrogens (tertiary/aromatic N) is 5. The lowest BCUT2D eigenvalue weighted by atomic mass is 9.93. The molecule has 0 radical (unpaired) electrons. The molecule has 1 fully saturated rings. The molecule has 3 heterocycles. The van der Waals surface area contributed by atoms with E-state index >= 15 is 0 Å². The summed E-state index contributed by atoms with van der Waals surface area (Å²) in [4.78, 5) is 14.1. The van der Waals surface area contributed by atoms with Crippen molar-refractivity contribution in [2.45, 2.75) is 46.2 Å². The summed E-state index contributed by atoms with van der Waals surface area (Å²) in [6, 6.07) is 4.59. The Labute approximate surface area is 174 Å². The van der Waals surface area contributed by atoms with Gasteiger partial charge in [0.25, 0.3) is 0 Å². The van der Waals surface area contributed by atoms with E-state index in [1.807, 2.05) is 18.6 Å². The number of rotatable bonds is 8. The lowest BCUT2D eigenvalue weighted by Crippen LogP contribution is -2.49. The quantitative estimate of drug-likeness (QED) is 0.543. The van der Waals surface area contributed by atoms with E-state index < -0.39 is 0 Å². The average molecular weight is 401 g/mol. The van der Waals surface area contributed by atoms with Gasteiger partial charge in [0, 0.05) is 32.0 Å². The molecule has 7 heteroatoms. The Balaban J connectivity index is 1.77. The SMILES string of the molecule is CCNC(=NCC(c1ccco1)N(CC)CC)N1CCC(C)C(n2ccnc2)C1. The Morgan fingerprint density at radius 2 is 2.21 bits per heavy atom. The minimum Gasteiger partial charge on any atom is -0.468 e. The maximum absolute atomic E-state index is 5.74. The molecular weight excluding hydrogens is 364 g/mol. The molecule has 29 heavy (non-hydrogen) atoms. The summed E-state index contributed by atoms with van der Waals surface area (Å²) in [5.41, 5.74) is 0. The normalized spacial score (nSPS) is 21.6. The van der Waals surface area contributed by atoms with Crippen molar-refractivity contribution in [1.82, 2.24) is 24.7 Å². The Bertz CT molecular complexity index is 723. The smallest absolute Gasteiger partial charge is 0.194 e. The average Bonchev–Trinajstić information content (AvgIpc) is 3.45. The van der Waals surface area contributed by atoms with Gasteiger partial charge >= 0.3 is 0 Å². The van der Waals surface area contributed by atoms with E-state index in [-0.39, 0.29) is 6.04 Å². The van der Waals surface area contributed by atoms with Crippen molar-refractivity contribution < 1.29 is 4.42 Å². The van der Waals surface area contributed by atoms with Crippen LogP contribution in [-0.4, -0.2) is 64.6 Å². The van der Waals surface area contributed by atoms with E-state index in [0.717, 1.165) is 50.9 Å². The fraction of sp³-hybridized carbons (Fsp3) is 0.636. The summed E-state index contributed by atoms with van der Waals surface area (Å²) in [5.74, 6) is 2.60. The number of guanidine groups is 1. The third-order valence-corrected chi connectivity index (χ3v) is 6.00. The van der Waals surface area contributed by atoms with Gasteiger partial charge < -0.3 is 19.2 Å². The van der Waals surface area contributed by atoms with Crippen LogP contribution >= 0.6 is 0 Å². The van der Waals surface area contributed by atoms with Gasteiger partial charge in [-0.2, -0.15) is 0 Å². The summed E-state index contributed by atoms with van der Waals surface area (Å²) in [7, 11) is 0. The Morgan fingerprint density at radius 1 is 1.38 bits per heavy atom. The number of furan rings is 1. The Kier molecular flexibility index (Phi) is 7.75. The molecule has 0 bridgehead atoms. The number of likely N-dealkylation sites (N-methyl/N-ethyl adjacent to an activating group) is 1. The zero-order chi connectivity index (χ0) is 20.6. The summed E-state index contributed by atoms with van der Waals surface area (Å²) in [6.07, 6.45) is 8.76. The second kappa shape index (κ2) is 10.5. The molecule has 0 amide bonds. The first kappa shape index (κ1) is 21.4. The second-order valence-electron chi connectivity index (χ2n) is 7.74. The first-order valence-electron chi connectivity index (χ1n) is 11.0. The molecule has 2 aromatic heterocycles. The third-order valence-electron chi connectivity index (χ3n) is 6.00. The van der Waals surface area contributed by atoms with Crippen molar-refractivity contribution in [3.8, 4) is 0 Å². The molecule has 0 spiro atoms. The number of imidazole rings is 1. The van der Waals surface area contributed by atoms with Crippen LogP contribution < -0.4 is 5.32 Å². The van der Waals surface area contributed by atoms with E-state index in [1.54, 1.807) is 6.26 Å². The third kappa shape index (κ3) is 5.21. The van der Waals surface area contributed by atoms with Crippen LogP contribution in [0.3, 0.4) is 0 Å². The minimum absolute atomic E-state index is 0.154. The van der Waals surface area contributed by atoms with Gasteiger partial charge in [-0.25, -0.2) is 4.98 Å². The molecule has 3 atom stereocenters. The number of nitrogens with one attached hydrogen (secondary N) is 1. The van der Waals surface area contributed by atoms with Gasteiger partial charge in [0.1, 0.15) is 5.76 Å². The number of hydrogen-bond donors (Lipinski definition) is 1. The van der Waals surface area contributed by atoms with Gasteiger partial charge in [0.05, 0.1) is 31.2 Å². The number of aliphatic imine (C=N–C) groups is 1. The summed E-state index contributed by atoms with van der Waals surface area (Å²) >= 11 is 0. The Hall–Kier alpha value is -2.28. The van der Waals surface area contributed by atoms with Crippen molar-refractivity contribution in [3.63, 3.8) is 0 Å². The molecule has 1 saturated heterocycles. The summed E-state index contributed by atoms with van der Waals surface area (Å²) in [6.45, 7) is 14.3. The second-order valence-corrected chi connectivity index (χ2v) is 7.74. The number of hydrogen-bond acceptors (Lipinski definition) is 4. The van der Waals surface area contributed by atoms with E-state index in [1.165, 1.54) is 0 Å². The van der Waals surface area contributed by atoms with E-state index in [2.05, 4.69) is 64.6 Å². The molecule has 1 N–H and O–H groups in total. The molecule has 1 aliphatic heterocycles. The number of likely N-dealkylation sites (tertiary alicyclic amines) is 1. The van der Waals surface area contributed by atoms with Crippen molar-refractivity contribution in [2.24, 2.45) is 10.9 Å². The maximum atomic E-state index is 5.74. The summed E-state index contributed by atoms with van der Waals surface area (Å²) in [5, 5.41) is 3.51. The highest BCUT2D eigenvalue weighted by atomic mass is 16.3. The van der Waals surface area contributed by atoms with Crippen LogP contribution in [0.4, 0.5) is 0 Å². The van der Waals surface area contributed by atoms with Gasteiger partial charge in [-0.3, -0.25) is 9.89 Å². The van der Waals surface area contributed by atoms with Crippen LogP contribution in [0.2, 0.25) is 0 Å². The number of aromatic nitrogens is 2. The highest BCUT2D eigenvalue weighted by Crippen LogP contribution is 2.28. The zero-order valence-corrected chi connectivity index (χ0v) is 18.3. The molecule has 2 aromatic rings. The standard InChI is InChI=1S/C22H36N6O/c1-5-24-22(25-15-19(26(6-2)7-3)21-9-8-14-29-21)27-12-10-18(4)20(16-27)28-13-11-23-17-28/h8-9,11,13-14,17-20H,5-7,10,12,15-16H2,1-4H3,(H,24,25). The highest BCUT2D eigenvalue weighted by Gasteiger charge is 2.29. The molecular formula is C22H36N6O.